The van der Waals surface area contributed by atoms with Gasteiger partial charge in [-0.3, -0.25) is 9.36 Å². The van der Waals surface area contributed by atoms with Gasteiger partial charge < -0.3 is 19.5 Å². The van der Waals surface area contributed by atoms with Gasteiger partial charge in [-0.1, -0.05) is 12.1 Å². The van der Waals surface area contributed by atoms with Crippen molar-refractivity contribution >= 4 is 17.4 Å². The van der Waals surface area contributed by atoms with E-state index in [0.29, 0.717) is 18.7 Å². The minimum Gasteiger partial charge on any atom is -0.475 e. The maximum absolute atomic E-state index is 13.2. The van der Waals surface area contributed by atoms with Crippen molar-refractivity contribution in [1.29, 1.82) is 0 Å². The summed E-state index contributed by atoms with van der Waals surface area (Å²) < 4.78 is 35.6. The molecule has 1 aliphatic rings. The molecule has 0 saturated carbocycles. The molecular weight excluding hydrogens is 479 g/mol. The zero-order chi connectivity index (χ0) is 25.9. The molecule has 5 rings (SSSR count). The van der Waals surface area contributed by atoms with E-state index in [2.05, 4.69) is 9.97 Å². The molecule has 1 fully saturated rings. The number of hydrogen-bond donors (Lipinski definition) is 2. The lowest BCUT2D eigenvalue weighted by Gasteiger charge is -2.30. The zero-order valence-corrected chi connectivity index (χ0v) is 18.8. The Kier molecular flexibility index (Phi) is 7.06. The van der Waals surface area contributed by atoms with E-state index in [4.69, 9.17) is 9.90 Å². The molecule has 0 aliphatic carbocycles. The fourth-order valence-electron chi connectivity index (χ4n) is 3.92. The second kappa shape index (κ2) is 10.2. The Morgan fingerprint density at radius 1 is 1.08 bits per heavy atom. The highest BCUT2D eigenvalue weighted by molar-refractivity contribution is 6.02. The third-order valence-corrected chi connectivity index (χ3v) is 5.59. The summed E-state index contributed by atoms with van der Waals surface area (Å²) in [6.45, 7) is 1.05. The van der Waals surface area contributed by atoms with E-state index in [1.54, 1.807) is 17.4 Å². The highest BCUT2D eigenvalue weighted by Crippen LogP contribution is 2.27. The number of aliphatic hydroxyl groups is 1. The number of pyridine rings is 2. The van der Waals surface area contributed by atoms with Crippen LogP contribution in [0.4, 0.5) is 13.2 Å². The fourth-order valence-corrected chi connectivity index (χ4v) is 3.92. The van der Waals surface area contributed by atoms with Crippen LogP contribution in [0.15, 0.2) is 67.4 Å². The molecule has 1 unspecified atom stereocenters. The summed E-state index contributed by atoms with van der Waals surface area (Å²) in [5.74, 6) is -2.03. The van der Waals surface area contributed by atoms with Crippen LogP contribution in [0.2, 0.25) is 0 Å². The number of imidazole rings is 1. The first kappa shape index (κ1) is 24.9. The number of carbonyl (C=O) groups excluding carboxylic acids is 1. The van der Waals surface area contributed by atoms with Gasteiger partial charge in [0.25, 0.3) is 5.91 Å². The summed E-state index contributed by atoms with van der Waals surface area (Å²) in [7, 11) is 0. The van der Waals surface area contributed by atoms with E-state index < -0.39 is 18.2 Å². The standard InChI is InChI=1S/C22H21N5O2.C2HF3O2/c28-16-6-5-10-25(13-16)22(29)17-12-20(27-11-4-2-7-19(17)27)18-14-26(15-24-18)21-8-1-3-9-23-21;3-2(4,5)1(6)7/h1-4,7-9,11-12,14-16,28H,5-6,10,13H2;(H,6,7). The van der Waals surface area contributed by atoms with Crippen LogP contribution in [0, 0.1) is 0 Å². The van der Waals surface area contributed by atoms with Crippen LogP contribution in [0.3, 0.4) is 0 Å². The van der Waals surface area contributed by atoms with E-state index in [1.807, 2.05) is 63.8 Å². The number of likely N-dealkylation sites (tertiary alicyclic amines) is 1. The number of halogens is 3. The number of fused-ring (bicyclic) bond motifs is 1. The number of carbonyl (C=O) groups is 2. The van der Waals surface area contributed by atoms with Crippen molar-refractivity contribution in [3.63, 3.8) is 0 Å². The first-order valence-electron chi connectivity index (χ1n) is 11.0. The summed E-state index contributed by atoms with van der Waals surface area (Å²) in [4.78, 5) is 32.7. The Balaban J connectivity index is 0.000000384. The molecule has 0 radical (unpaired) electrons. The average Bonchev–Trinajstić information content (AvgIpc) is 3.49. The molecule has 9 nitrogen and oxygen atoms in total. The predicted octanol–water partition coefficient (Wildman–Crippen LogP) is 3.42. The van der Waals surface area contributed by atoms with Crippen molar-refractivity contribution in [3.8, 4) is 17.2 Å². The number of β-amino-alcohol motifs (C(OH)–C–C–N with tert-alkyl or cyclic N) is 1. The summed E-state index contributed by atoms with van der Waals surface area (Å²) in [5, 5.41) is 17.1. The molecule has 36 heavy (non-hydrogen) atoms. The first-order valence-corrected chi connectivity index (χ1v) is 11.0. The molecule has 188 valence electrons. The molecule has 0 spiro atoms. The molecule has 1 saturated heterocycles. The normalized spacial score (nSPS) is 15.9. The van der Waals surface area contributed by atoms with Crippen molar-refractivity contribution in [1.82, 2.24) is 23.8 Å². The number of hydrogen-bond acceptors (Lipinski definition) is 5. The molecule has 2 N–H and O–H groups in total. The number of aliphatic carboxylic acids is 1. The fraction of sp³-hybridized carbons (Fsp3) is 0.250. The van der Waals surface area contributed by atoms with Gasteiger partial charge in [-0.15, -0.1) is 0 Å². The molecule has 5 heterocycles. The molecule has 1 aliphatic heterocycles. The van der Waals surface area contributed by atoms with Gasteiger partial charge in [0.15, 0.2) is 0 Å². The maximum Gasteiger partial charge on any atom is 0.490 e. The molecule has 4 aromatic heterocycles. The highest BCUT2D eigenvalue weighted by Gasteiger charge is 2.38. The molecule has 12 heteroatoms. The van der Waals surface area contributed by atoms with Crippen molar-refractivity contribution < 1.29 is 33.0 Å². The van der Waals surface area contributed by atoms with Crippen LogP contribution >= 0.6 is 0 Å². The number of aliphatic hydroxyl groups excluding tert-OH is 1. The Morgan fingerprint density at radius 2 is 1.83 bits per heavy atom. The number of carboxylic acid groups (broad SMARTS) is 1. The number of rotatable bonds is 3. The quantitative estimate of drug-likeness (QED) is 0.445. The van der Waals surface area contributed by atoms with E-state index >= 15 is 0 Å². The number of aromatic nitrogens is 4. The van der Waals surface area contributed by atoms with Gasteiger partial charge in [-0.05, 0) is 43.2 Å². The lowest BCUT2D eigenvalue weighted by molar-refractivity contribution is -0.192. The van der Waals surface area contributed by atoms with E-state index in [1.165, 1.54) is 0 Å². The van der Waals surface area contributed by atoms with Crippen molar-refractivity contribution in [2.45, 2.75) is 25.1 Å². The Hall–Kier alpha value is -4.19. The van der Waals surface area contributed by atoms with Gasteiger partial charge >= 0.3 is 12.1 Å². The third-order valence-electron chi connectivity index (χ3n) is 5.59. The van der Waals surface area contributed by atoms with Crippen LogP contribution < -0.4 is 0 Å². The van der Waals surface area contributed by atoms with Crippen molar-refractivity contribution in [3.05, 3.63) is 72.9 Å². The Morgan fingerprint density at radius 3 is 2.50 bits per heavy atom. The largest absolute Gasteiger partial charge is 0.490 e. The summed E-state index contributed by atoms with van der Waals surface area (Å²) in [6.07, 6.45) is 3.35. The SMILES string of the molecule is O=C(O)C(F)(F)F.O=C(c1cc(-c2cn(-c3ccccn3)cn2)n2ccccc12)N1CCCC(O)C1. The maximum atomic E-state index is 13.2. The van der Waals surface area contributed by atoms with Gasteiger partial charge in [0.05, 0.1) is 22.9 Å². The topological polar surface area (TPSA) is 113 Å². The molecule has 0 bridgehead atoms. The van der Waals surface area contributed by atoms with Crippen LogP contribution in [0.5, 0.6) is 0 Å². The molecule has 0 aromatic carbocycles. The molecule has 1 amide bonds. The monoisotopic (exact) mass is 501 g/mol. The molecule has 4 aromatic rings. The number of piperidine rings is 1. The summed E-state index contributed by atoms with van der Waals surface area (Å²) in [5.41, 5.74) is 3.06. The second-order valence-electron chi connectivity index (χ2n) is 8.10. The van der Waals surface area contributed by atoms with Gasteiger partial charge in [0.2, 0.25) is 0 Å². The Labute approximate surface area is 203 Å². The smallest absolute Gasteiger partial charge is 0.475 e. The van der Waals surface area contributed by atoms with E-state index in [0.717, 1.165) is 35.6 Å². The second-order valence-corrected chi connectivity index (χ2v) is 8.10. The highest BCUT2D eigenvalue weighted by atomic mass is 19.4. The van der Waals surface area contributed by atoms with E-state index in [9.17, 15) is 23.1 Å². The van der Waals surface area contributed by atoms with Crippen LogP contribution in [0.25, 0.3) is 22.7 Å². The number of amides is 1. The van der Waals surface area contributed by atoms with Crippen molar-refractivity contribution in [2.75, 3.05) is 13.1 Å². The van der Waals surface area contributed by atoms with Crippen LogP contribution in [0.1, 0.15) is 23.2 Å². The lowest BCUT2D eigenvalue weighted by Crippen LogP contribution is -2.42. The van der Waals surface area contributed by atoms with Gasteiger partial charge in [-0.25, -0.2) is 14.8 Å². The average molecular weight is 501 g/mol. The van der Waals surface area contributed by atoms with Crippen LogP contribution in [-0.4, -0.2) is 71.3 Å². The summed E-state index contributed by atoms with van der Waals surface area (Å²) >= 11 is 0. The molecule has 1 atom stereocenters. The number of carboxylic acids is 1. The zero-order valence-electron chi connectivity index (χ0n) is 18.8. The summed E-state index contributed by atoms with van der Waals surface area (Å²) in [6, 6.07) is 13.4. The minimum atomic E-state index is -5.08. The van der Waals surface area contributed by atoms with Gasteiger partial charge in [0.1, 0.15) is 17.8 Å². The third kappa shape index (κ3) is 5.38. The van der Waals surface area contributed by atoms with Gasteiger partial charge in [0, 0.05) is 31.7 Å². The molecular formula is C24H22F3N5O4. The minimum absolute atomic E-state index is 0.0529. The first-order chi connectivity index (χ1) is 17.1. The van der Waals surface area contributed by atoms with Crippen LogP contribution in [-0.2, 0) is 4.79 Å². The Bertz CT molecular complexity index is 1370. The predicted molar refractivity (Wildman–Crippen MR) is 123 cm³/mol. The number of alkyl halides is 3. The van der Waals surface area contributed by atoms with Crippen molar-refractivity contribution in [2.24, 2.45) is 0 Å². The van der Waals surface area contributed by atoms with Gasteiger partial charge in [-0.2, -0.15) is 13.2 Å². The lowest BCUT2D eigenvalue weighted by atomic mass is 10.1. The number of nitrogens with zero attached hydrogens (tertiary/aromatic N) is 5. The van der Waals surface area contributed by atoms with E-state index in [-0.39, 0.29) is 5.91 Å².